The van der Waals surface area contributed by atoms with Crippen LogP contribution >= 0.6 is 0 Å². The zero-order valence-electron chi connectivity index (χ0n) is 9.08. The van der Waals surface area contributed by atoms with E-state index in [9.17, 15) is 4.79 Å². The molecule has 1 heterocycles. The van der Waals surface area contributed by atoms with E-state index in [2.05, 4.69) is 4.98 Å². The number of hydrogen-bond acceptors (Lipinski definition) is 2. The fourth-order valence-corrected chi connectivity index (χ4v) is 1.16. The lowest BCUT2D eigenvalue weighted by Gasteiger charge is -2.20. The average molecular weight is 191 g/mol. The molecule has 0 amide bonds. The van der Waals surface area contributed by atoms with Crippen LogP contribution in [0.1, 0.15) is 32.9 Å². The Balaban J connectivity index is 2.53. The van der Waals surface area contributed by atoms with E-state index in [0.717, 1.165) is 18.5 Å². The van der Waals surface area contributed by atoms with Crippen molar-refractivity contribution in [3.05, 3.63) is 30.1 Å². The molecule has 1 aromatic rings. The van der Waals surface area contributed by atoms with E-state index < -0.39 is 0 Å². The lowest BCUT2D eigenvalue weighted by atomic mass is 9.83. The number of Topliss-reactive ketones (excluding diaryl/α,β-unsaturated/α-hetero) is 1. The van der Waals surface area contributed by atoms with Gasteiger partial charge in [-0.3, -0.25) is 9.78 Å². The summed E-state index contributed by atoms with van der Waals surface area (Å²) in [7, 11) is 0. The van der Waals surface area contributed by atoms with Crippen molar-refractivity contribution >= 4 is 5.78 Å². The van der Waals surface area contributed by atoms with Crippen molar-refractivity contribution in [2.24, 2.45) is 5.41 Å². The van der Waals surface area contributed by atoms with Crippen molar-refractivity contribution < 1.29 is 4.79 Å². The van der Waals surface area contributed by atoms with Crippen LogP contribution in [0, 0.1) is 5.41 Å². The molecule has 0 spiro atoms. The van der Waals surface area contributed by atoms with E-state index in [1.54, 1.807) is 13.1 Å². The van der Waals surface area contributed by atoms with Gasteiger partial charge < -0.3 is 0 Å². The van der Waals surface area contributed by atoms with Crippen LogP contribution in [-0.2, 0) is 11.2 Å². The fourth-order valence-electron chi connectivity index (χ4n) is 1.16. The van der Waals surface area contributed by atoms with Crippen molar-refractivity contribution in [3.8, 4) is 0 Å². The van der Waals surface area contributed by atoms with Gasteiger partial charge in [0.25, 0.3) is 0 Å². The molecule has 0 aliphatic heterocycles. The normalized spacial score (nSPS) is 11.4. The van der Waals surface area contributed by atoms with Gasteiger partial charge >= 0.3 is 0 Å². The molecule has 0 radical (unpaired) electrons. The summed E-state index contributed by atoms with van der Waals surface area (Å²) in [6, 6.07) is 5.87. The number of aromatic nitrogens is 1. The lowest BCUT2D eigenvalue weighted by Crippen LogP contribution is -2.22. The summed E-state index contributed by atoms with van der Waals surface area (Å²) in [6.45, 7) is 5.62. The molecule has 0 N–H and O–H groups in total. The Morgan fingerprint density at radius 3 is 2.64 bits per heavy atom. The second kappa shape index (κ2) is 4.36. The SMILES string of the molecule is CC(=O)C(C)(C)CCc1ccccn1. The highest BCUT2D eigenvalue weighted by Crippen LogP contribution is 2.23. The summed E-state index contributed by atoms with van der Waals surface area (Å²) in [5.41, 5.74) is 0.833. The summed E-state index contributed by atoms with van der Waals surface area (Å²) in [5.74, 6) is 0.244. The monoisotopic (exact) mass is 191 g/mol. The topological polar surface area (TPSA) is 30.0 Å². The zero-order valence-corrected chi connectivity index (χ0v) is 9.08. The molecule has 0 aromatic carbocycles. The molecule has 14 heavy (non-hydrogen) atoms. The molecule has 2 nitrogen and oxygen atoms in total. The first-order valence-corrected chi connectivity index (χ1v) is 4.93. The number of rotatable bonds is 4. The van der Waals surface area contributed by atoms with Crippen molar-refractivity contribution in [2.75, 3.05) is 0 Å². The van der Waals surface area contributed by atoms with Crippen LogP contribution in [0.15, 0.2) is 24.4 Å². The van der Waals surface area contributed by atoms with E-state index in [0.29, 0.717) is 0 Å². The van der Waals surface area contributed by atoms with Gasteiger partial charge in [0.15, 0.2) is 0 Å². The molecule has 1 aromatic heterocycles. The first kappa shape index (κ1) is 10.9. The van der Waals surface area contributed by atoms with Gasteiger partial charge in [-0.2, -0.15) is 0 Å². The Bertz CT molecular complexity index is 303. The molecular weight excluding hydrogens is 174 g/mol. The van der Waals surface area contributed by atoms with E-state index >= 15 is 0 Å². The molecule has 1 rings (SSSR count). The van der Waals surface area contributed by atoms with E-state index in [4.69, 9.17) is 0 Å². The van der Waals surface area contributed by atoms with Crippen LogP contribution in [0.3, 0.4) is 0 Å². The quantitative estimate of drug-likeness (QED) is 0.732. The maximum atomic E-state index is 11.3. The minimum absolute atomic E-state index is 0.225. The number of aryl methyl sites for hydroxylation is 1. The van der Waals surface area contributed by atoms with Gasteiger partial charge in [0.05, 0.1) is 0 Å². The molecule has 2 heteroatoms. The third kappa shape index (κ3) is 2.95. The van der Waals surface area contributed by atoms with Crippen molar-refractivity contribution in [2.45, 2.75) is 33.6 Å². The van der Waals surface area contributed by atoms with E-state index in [1.807, 2.05) is 32.0 Å². The third-order valence-electron chi connectivity index (χ3n) is 2.69. The number of pyridine rings is 1. The Kier molecular flexibility index (Phi) is 3.39. The Hall–Kier alpha value is -1.18. The highest BCUT2D eigenvalue weighted by molar-refractivity contribution is 5.81. The van der Waals surface area contributed by atoms with Crippen LogP contribution in [0.25, 0.3) is 0 Å². The summed E-state index contributed by atoms with van der Waals surface area (Å²) in [6.07, 6.45) is 3.52. The van der Waals surface area contributed by atoms with Crippen LogP contribution in [-0.4, -0.2) is 10.8 Å². The van der Waals surface area contributed by atoms with E-state index in [1.165, 1.54) is 0 Å². The molecule has 0 saturated carbocycles. The predicted octanol–water partition coefficient (Wildman–Crippen LogP) is 2.63. The van der Waals surface area contributed by atoms with Gasteiger partial charge in [0, 0.05) is 17.3 Å². The fraction of sp³-hybridized carbons (Fsp3) is 0.500. The minimum atomic E-state index is -0.225. The van der Waals surface area contributed by atoms with E-state index in [-0.39, 0.29) is 11.2 Å². The molecule has 0 aliphatic carbocycles. The number of carbonyl (C=O) groups is 1. The molecule has 0 atom stereocenters. The minimum Gasteiger partial charge on any atom is -0.299 e. The first-order chi connectivity index (χ1) is 6.52. The van der Waals surface area contributed by atoms with Gasteiger partial charge in [-0.05, 0) is 31.9 Å². The molecule has 0 saturated heterocycles. The molecular formula is C12H17NO. The van der Waals surface area contributed by atoms with Gasteiger partial charge in [-0.15, -0.1) is 0 Å². The van der Waals surface area contributed by atoms with Crippen LogP contribution in [0.5, 0.6) is 0 Å². The van der Waals surface area contributed by atoms with Gasteiger partial charge in [-0.25, -0.2) is 0 Å². The lowest BCUT2D eigenvalue weighted by molar-refractivity contribution is -0.125. The van der Waals surface area contributed by atoms with Gasteiger partial charge in [0.2, 0.25) is 0 Å². The maximum absolute atomic E-state index is 11.3. The largest absolute Gasteiger partial charge is 0.299 e. The standard InChI is InChI=1S/C12H17NO/c1-10(14)12(2,3)8-7-11-6-4-5-9-13-11/h4-6,9H,7-8H2,1-3H3. The Labute approximate surface area is 85.4 Å². The summed E-state index contributed by atoms with van der Waals surface area (Å²) >= 11 is 0. The molecule has 0 aliphatic rings. The molecule has 0 bridgehead atoms. The number of ketones is 1. The summed E-state index contributed by atoms with van der Waals surface area (Å²) in [5, 5.41) is 0. The Morgan fingerprint density at radius 2 is 2.14 bits per heavy atom. The number of hydrogen-bond donors (Lipinski definition) is 0. The van der Waals surface area contributed by atoms with Crippen LogP contribution in [0.2, 0.25) is 0 Å². The highest BCUT2D eigenvalue weighted by atomic mass is 16.1. The van der Waals surface area contributed by atoms with Crippen molar-refractivity contribution in [1.82, 2.24) is 4.98 Å². The molecule has 76 valence electrons. The highest BCUT2D eigenvalue weighted by Gasteiger charge is 2.22. The molecule has 0 fully saturated rings. The van der Waals surface area contributed by atoms with Gasteiger partial charge in [0.1, 0.15) is 5.78 Å². The van der Waals surface area contributed by atoms with Crippen LogP contribution in [0.4, 0.5) is 0 Å². The van der Waals surface area contributed by atoms with Gasteiger partial charge in [-0.1, -0.05) is 19.9 Å². The third-order valence-corrected chi connectivity index (χ3v) is 2.69. The first-order valence-electron chi connectivity index (χ1n) is 4.93. The maximum Gasteiger partial charge on any atom is 0.135 e. The summed E-state index contributed by atoms with van der Waals surface area (Å²) in [4.78, 5) is 15.5. The van der Waals surface area contributed by atoms with Crippen molar-refractivity contribution in [3.63, 3.8) is 0 Å². The molecule has 0 unspecified atom stereocenters. The average Bonchev–Trinajstić information content (AvgIpc) is 2.16. The second-order valence-electron chi connectivity index (χ2n) is 4.26. The predicted molar refractivity (Wildman–Crippen MR) is 57.0 cm³/mol. The van der Waals surface area contributed by atoms with Crippen molar-refractivity contribution in [1.29, 1.82) is 0 Å². The van der Waals surface area contributed by atoms with Crippen LogP contribution < -0.4 is 0 Å². The summed E-state index contributed by atoms with van der Waals surface area (Å²) < 4.78 is 0. The smallest absolute Gasteiger partial charge is 0.135 e. The second-order valence-corrected chi connectivity index (χ2v) is 4.26. The zero-order chi connectivity index (χ0) is 10.6. The Morgan fingerprint density at radius 1 is 1.43 bits per heavy atom. The number of nitrogens with zero attached hydrogens (tertiary/aromatic N) is 1. The number of carbonyl (C=O) groups excluding carboxylic acids is 1.